The van der Waals surface area contributed by atoms with Gasteiger partial charge >= 0.3 is 0 Å². The SMILES string of the molecule is O=C(CNC(=O)C1CCCN1)Nc1cnc2ccccc2c1. The van der Waals surface area contributed by atoms with Crippen molar-refractivity contribution in [3.8, 4) is 0 Å². The van der Waals surface area contributed by atoms with Crippen molar-refractivity contribution in [3.63, 3.8) is 0 Å². The maximum atomic E-state index is 11.9. The predicted octanol–water partition coefficient (Wildman–Crippen LogP) is 1.04. The molecule has 0 aliphatic carbocycles. The van der Waals surface area contributed by atoms with E-state index in [4.69, 9.17) is 0 Å². The van der Waals surface area contributed by atoms with Gasteiger partial charge in [0.05, 0.1) is 30.0 Å². The molecule has 0 saturated carbocycles. The standard InChI is InChI=1S/C16H18N4O2/c21-15(10-19-16(22)14-6-3-7-17-14)20-12-8-11-4-1-2-5-13(11)18-9-12/h1-2,4-5,8-9,14,17H,3,6-7,10H2,(H,19,22)(H,20,21). The molecule has 0 radical (unpaired) electrons. The summed E-state index contributed by atoms with van der Waals surface area (Å²) in [4.78, 5) is 28.0. The van der Waals surface area contributed by atoms with Gasteiger partial charge in [-0.15, -0.1) is 0 Å². The van der Waals surface area contributed by atoms with E-state index < -0.39 is 0 Å². The second kappa shape index (κ2) is 6.53. The number of hydrogen-bond donors (Lipinski definition) is 3. The summed E-state index contributed by atoms with van der Waals surface area (Å²) in [7, 11) is 0. The van der Waals surface area contributed by atoms with E-state index in [0.29, 0.717) is 5.69 Å². The van der Waals surface area contributed by atoms with E-state index in [9.17, 15) is 9.59 Å². The molecule has 6 heteroatoms. The number of amides is 2. The van der Waals surface area contributed by atoms with Crippen LogP contribution in [0.25, 0.3) is 10.9 Å². The monoisotopic (exact) mass is 298 g/mol. The Kier molecular flexibility index (Phi) is 4.29. The van der Waals surface area contributed by atoms with Crippen molar-refractivity contribution in [2.24, 2.45) is 0 Å². The van der Waals surface area contributed by atoms with Crippen molar-refractivity contribution in [2.45, 2.75) is 18.9 Å². The molecular formula is C16H18N4O2. The molecule has 1 aromatic carbocycles. The highest BCUT2D eigenvalue weighted by Crippen LogP contribution is 2.15. The first kappa shape index (κ1) is 14.5. The number of nitrogens with zero attached hydrogens (tertiary/aromatic N) is 1. The number of hydrogen-bond acceptors (Lipinski definition) is 4. The summed E-state index contributed by atoms with van der Waals surface area (Å²) in [6.07, 6.45) is 3.43. The molecule has 2 heterocycles. The summed E-state index contributed by atoms with van der Waals surface area (Å²) in [6, 6.07) is 9.38. The molecule has 1 saturated heterocycles. The lowest BCUT2D eigenvalue weighted by atomic mass is 10.2. The van der Waals surface area contributed by atoms with Crippen LogP contribution in [0.4, 0.5) is 5.69 Å². The fraction of sp³-hybridized carbons (Fsp3) is 0.312. The van der Waals surface area contributed by atoms with Crippen molar-refractivity contribution in [2.75, 3.05) is 18.4 Å². The zero-order chi connectivity index (χ0) is 15.4. The maximum Gasteiger partial charge on any atom is 0.243 e. The van der Waals surface area contributed by atoms with Crippen LogP contribution in [0, 0.1) is 0 Å². The summed E-state index contributed by atoms with van der Waals surface area (Å²) in [5.74, 6) is -0.382. The Morgan fingerprint density at radius 1 is 1.32 bits per heavy atom. The van der Waals surface area contributed by atoms with Crippen molar-refractivity contribution < 1.29 is 9.59 Å². The molecule has 1 fully saturated rings. The summed E-state index contributed by atoms with van der Waals surface area (Å²) in [6.45, 7) is 0.816. The zero-order valence-electron chi connectivity index (χ0n) is 12.1. The average molecular weight is 298 g/mol. The van der Waals surface area contributed by atoms with Crippen molar-refractivity contribution in [1.29, 1.82) is 0 Å². The quantitative estimate of drug-likeness (QED) is 0.787. The van der Waals surface area contributed by atoms with Crippen LogP contribution < -0.4 is 16.0 Å². The third-order valence-corrected chi connectivity index (χ3v) is 3.67. The maximum absolute atomic E-state index is 11.9. The van der Waals surface area contributed by atoms with Gasteiger partial charge in [-0.05, 0) is 31.5 Å². The number of nitrogens with one attached hydrogen (secondary N) is 3. The second-order valence-corrected chi connectivity index (χ2v) is 5.33. The van der Waals surface area contributed by atoms with Crippen LogP contribution in [0.1, 0.15) is 12.8 Å². The average Bonchev–Trinajstić information content (AvgIpc) is 3.07. The molecule has 114 valence electrons. The fourth-order valence-electron chi connectivity index (χ4n) is 2.54. The minimum absolute atomic E-state index is 0.0379. The van der Waals surface area contributed by atoms with Crippen molar-refractivity contribution in [3.05, 3.63) is 36.5 Å². The molecule has 3 rings (SSSR count). The highest BCUT2D eigenvalue weighted by Gasteiger charge is 2.21. The summed E-state index contributed by atoms with van der Waals surface area (Å²) in [5.41, 5.74) is 1.50. The molecule has 22 heavy (non-hydrogen) atoms. The number of aromatic nitrogens is 1. The van der Waals surface area contributed by atoms with Gasteiger partial charge in [0.1, 0.15) is 0 Å². The Labute approximate surface area is 128 Å². The van der Waals surface area contributed by atoms with Gasteiger partial charge in [0.2, 0.25) is 11.8 Å². The van der Waals surface area contributed by atoms with Crippen LogP contribution in [0.2, 0.25) is 0 Å². The number of pyridine rings is 1. The zero-order valence-corrected chi connectivity index (χ0v) is 12.1. The second-order valence-electron chi connectivity index (χ2n) is 5.33. The van der Waals surface area contributed by atoms with Gasteiger partial charge in [-0.25, -0.2) is 0 Å². The van der Waals surface area contributed by atoms with Gasteiger partial charge in [-0.2, -0.15) is 0 Å². The summed E-state index contributed by atoms with van der Waals surface area (Å²) in [5, 5.41) is 9.45. The lowest BCUT2D eigenvalue weighted by Gasteiger charge is -2.11. The van der Waals surface area contributed by atoms with Crippen molar-refractivity contribution >= 4 is 28.4 Å². The van der Waals surface area contributed by atoms with Crippen LogP contribution in [-0.4, -0.2) is 35.9 Å². The Bertz CT molecular complexity index is 695. The van der Waals surface area contributed by atoms with E-state index in [1.807, 2.05) is 30.3 Å². The van der Waals surface area contributed by atoms with E-state index in [0.717, 1.165) is 30.3 Å². The Morgan fingerprint density at radius 3 is 3.00 bits per heavy atom. The van der Waals surface area contributed by atoms with Crippen LogP contribution in [-0.2, 0) is 9.59 Å². The Balaban J connectivity index is 1.55. The Morgan fingerprint density at radius 2 is 2.18 bits per heavy atom. The number of benzene rings is 1. The molecule has 0 spiro atoms. The van der Waals surface area contributed by atoms with E-state index in [2.05, 4.69) is 20.9 Å². The van der Waals surface area contributed by atoms with E-state index in [1.165, 1.54) is 0 Å². The van der Waals surface area contributed by atoms with E-state index in [1.54, 1.807) is 6.20 Å². The number of para-hydroxylation sites is 1. The van der Waals surface area contributed by atoms with Crippen LogP contribution >= 0.6 is 0 Å². The van der Waals surface area contributed by atoms with Crippen molar-refractivity contribution in [1.82, 2.24) is 15.6 Å². The number of carbonyl (C=O) groups is 2. The number of rotatable bonds is 4. The first-order chi connectivity index (χ1) is 10.7. The smallest absolute Gasteiger partial charge is 0.243 e. The molecular weight excluding hydrogens is 280 g/mol. The van der Waals surface area contributed by atoms with Crippen LogP contribution in [0.3, 0.4) is 0 Å². The number of fused-ring (bicyclic) bond motifs is 1. The molecule has 0 bridgehead atoms. The van der Waals surface area contributed by atoms with E-state index >= 15 is 0 Å². The van der Waals surface area contributed by atoms with Gasteiger partial charge in [0.15, 0.2) is 0 Å². The first-order valence-corrected chi connectivity index (χ1v) is 7.38. The summed E-state index contributed by atoms with van der Waals surface area (Å²) < 4.78 is 0. The summed E-state index contributed by atoms with van der Waals surface area (Å²) >= 11 is 0. The molecule has 1 unspecified atom stereocenters. The van der Waals surface area contributed by atoms with E-state index in [-0.39, 0.29) is 24.4 Å². The van der Waals surface area contributed by atoms with Gasteiger partial charge < -0.3 is 16.0 Å². The lowest BCUT2D eigenvalue weighted by Crippen LogP contribution is -2.43. The van der Waals surface area contributed by atoms with Gasteiger partial charge in [-0.3, -0.25) is 14.6 Å². The third kappa shape index (κ3) is 3.40. The van der Waals surface area contributed by atoms with Crippen LogP contribution in [0.15, 0.2) is 36.5 Å². The minimum Gasteiger partial charge on any atom is -0.346 e. The van der Waals surface area contributed by atoms with Gasteiger partial charge in [0.25, 0.3) is 0 Å². The topological polar surface area (TPSA) is 83.1 Å². The molecule has 1 aliphatic rings. The molecule has 2 amide bonds. The number of anilines is 1. The minimum atomic E-state index is -0.261. The van der Waals surface area contributed by atoms with Crippen LogP contribution in [0.5, 0.6) is 0 Å². The highest BCUT2D eigenvalue weighted by molar-refractivity contribution is 5.96. The Hall–Kier alpha value is -2.47. The molecule has 1 aliphatic heterocycles. The predicted molar refractivity (Wildman–Crippen MR) is 84.4 cm³/mol. The van der Waals surface area contributed by atoms with Gasteiger partial charge in [0, 0.05) is 5.39 Å². The lowest BCUT2D eigenvalue weighted by molar-refractivity contribution is -0.125. The normalized spacial score (nSPS) is 17.4. The molecule has 3 N–H and O–H groups in total. The molecule has 2 aromatic rings. The highest BCUT2D eigenvalue weighted by atomic mass is 16.2. The van der Waals surface area contributed by atoms with Gasteiger partial charge in [-0.1, -0.05) is 18.2 Å². The third-order valence-electron chi connectivity index (χ3n) is 3.67. The first-order valence-electron chi connectivity index (χ1n) is 7.38. The molecule has 1 aromatic heterocycles. The molecule has 1 atom stereocenters. The fourth-order valence-corrected chi connectivity index (χ4v) is 2.54. The number of carbonyl (C=O) groups excluding carboxylic acids is 2. The molecule has 6 nitrogen and oxygen atoms in total. The largest absolute Gasteiger partial charge is 0.346 e.